The third-order valence-corrected chi connectivity index (χ3v) is 3.90. The molecule has 0 aliphatic heterocycles. The van der Waals surface area contributed by atoms with E-state index in [-0.39, 0.29) is 0 Å². The zero-order valence-electron chi connectivity index (χ0n) is 8.63. The van der Waals surface area contributed by atoms with Gasteiger partial charge in [0.25, 0.3) is 0 Å². The molecule has 0 nitrogen and oxygen atoms in total. The smallest absolute Gasteiger partial charge is 0.100 e. The van der Waals surface area contributed by atoms with Crippen LogP contribution >= 0.6 is 55.1 Å². The maximum absolute atomic E-state index is 6.00. The van der Waals surface area contributed by atoms with Crippen LogP contribution < -0.4 is 0 Å². The van der Waals surface area contributed by atoms with Crippen LogP contribution in [0.25, 0.3) is 11.1 Å². The molecule has 0 aromatic heterocycles. The molecule has 0 saturated carbocycles. The van der Waals surface area contributed by atoms with E-state index >= 15 is 0 Å². The summed E-state index contributed by atoms with van der Waals surface area (Å²) in [6, 6.07) is 14.0. The molecule has 4 heteroatoms. The van der Waals surface area contributed by atoms with Gasteiger partial charge in [0, 0.05) is 8.95 Å². The molecule has 2 aromatic carbocycles. The second-order valence-electron chi connectivity index (χ2n) is 3.54. The van der Waals surface area contributed by atoms with Crippen LogP contribution in [0.4, 0.5) is 0 Å². The number of alkyl halides is 2. The highest BCUT2D eigenvalue weighted by atomic mass is 79.9. The Morgan fingerprint density at radius 3 is 2.00 bits per heavy atom. The van der Waals surface area contributed by atoms with Crippen molar-refractivity contribution < 1.29 is 0 Å². The van der Waals surface area contributed by atoms with E-state index in [2.05, 4.69) is 31.9 Å². The van der Waals surface area contributed by atoms with E-state index in [1.807, 2.05) is 42.5 Å². The minimum absolute atomic E-state index is 0.536. The molecule has 17 heavy (non-hydrogen) atoms. The van der Waals surface area contributed by atoms with Crippen LogP contribution in [0.5, 0.6) is 0 Å². The molecule has 0 aliphatic rings. The molecule has 0 N–H and O–H groups in total. The molecule has 0 unspecified atom stereocenters. The molecular weight excluding hydrogens is 387 g/mol. The Morgan fingerprint density at radius 1 is 0.824 bits per heavy atom. The Labute approximate surface area is 127 Å². The van der Waals surface area contributed by atoms with Gasteiger partial charge in [-0.2, -0.15) is 0 Å². The van der Waals surface area contributed by atoms with Crippen LogP contribution in [0, 0.1) is 0 Å². The van der Waals surface area contributed by atoms with Crippen molar-refractivity contribution in [3.05, 3.63) is 57.0 Å². The van der Waals surface area contributed by atoms with Crippen LogP contribution in [0.3, 0.4) is 0 Å². The molecule has 0 amide bonds. The summed E-state index contributed by atoms with van der Waals surface area (Å²) in [7, 11) is 0. The van der Waals surface area contributed by atoms with Gasteiger partial charge in [0.05, 0.1) is 0 Å². The van der Waals surface area contributed by atoms with Crippen molar-refractivity contribution in [2.24, 2.45) is 0 Å². The number of benzene rings is 2. The van der Waals surface area contributed by atoms with Crippen molar-refractivity contribution >= 4 is 55.1 Å². The number of halogens is 4. The minimum Gasteiger partial charge on any atom is -0.100 e. The van der Waals surface area contributed by atoms with Gasteiger partial charge in [-0.15, -0.1) is 23.2 Å². The van der Waals surface area contributed by atoms with Gasteiger partial charge in [-0.25, -0.2) is 0 Å². The summed E-state index contributed by atoms with van der Waals surface area (Å²) in [4.78, 5) is -0.536. The SMILES string of the molecule is ClC(Cl)c1cc(Br)ccc1-c1ccc(Br)cc1. The Morgan fingerprint density at radius 2 is 1.41 bits per heavy atom. The third-order valence-electron chi connectivity index (χ3n) is 2.40. The zero-order chi connectivity index (χ0) is 12.4. The summed E-state index contributed by atoms with van der Waals surface area (Å²) in [5, 5.41) is 0. The van der Waals surface area contributed by atoms with E-state index < -0.39 is 4.84 Å². The molecule has 2 aromatic rings. The van der Waals surface area contributed by atoms with E-state index in [1.54, 1.807) is 0 Å². The highest BCUT2D eigenvalue weighted by Gasteiger charge is 2.11. The fourth-order valence-electron chi connectivity index (χ4n) is 1.61. The fraction of sp³-hybridized carbons (Fsp3) is 0.0769. The largest absolute Gasteiger partial charge is 0.133 e. The van der Waals surface area contributed by atoms with Gasteiger partial charge in [-0.1, -0.05) is 50.1 Å². The van der Waals surface area contributed by atoms with Gasteiger partial charge >= 0.3 is 0 Å². The molecule has 0 bridgehead atoms. The second-order valence-corrected chi connectivity index (χ2v) is 6.47. The predicted octanol–water partition coefficient (Wildman–Crippen LogP) is 6.35. The van der Waals surface area contributed by atoms with Gasteiger partial charge in [0.2, 0.25) is 0 Å². The first-order chi connectivity index (χ1) is 8.08. The summed E-state index contributed by atoms with van der Waals surface area (Å²) in [5.74, 6) is 0. The first-order valence-electron chi connectivity index (χ1n) is 4.91. The van der Waals surface area contributed by atoms with Crippen molar-refractivity contribution in [3.8, 4) is 11.1 Å². The Bertz CT molecular complexity index is 521. The molecule has 0 heterocycles. The summed E-state index contributed by atoms with van der Waals surface area (Å²) in [5.41, 5.74) is 3.06. The van der Waals surface area contributed by atoms with Crippen molar-refractivity contribution in [2.45, 2.75) is 4.84 Å². The lowest BCUT2D eigenvalue weighted by molar-refractivity contribution is 1.34. The molecule has 2 rings (SSSR count). The normalized spacial score (nSPS) is 10.9. The van der Waals surface area contributed by atoms with E-state index in [0.29, 0.717) is 0 Å². The van der Waals surface area contributed by atoms with Crippen LogP contribution in [0.2, 0.25) is 0 Å². The van der Waals surface area contributed by atoms with Crippen molar-refractivity contribution in [3.63, 3.8) is 0 Å². The van der Waals surface area contributed by atoms with Gasteiger partial charge < -0.3 is 0 Å². The Hall–Kier alpha value is -0.0200. The van der Waals surface area contributed by atoms with Crippen molar-refractivity contribution in [2.75, 3.05) is 0 Å². The van der Waals surface area contributed by atoms with Gasteiger partial charge in [-0.05, 0) is 41.0 Å². The molecule has 0 atom stereocenters. The third kappa shape index (κ3) is 3.25. The number of hydrogen-bond acceptors (Lipinski definition) is 0. The van der Waals surface area contributed by atoms with Crippen molar-refractivity contribution in [1.82, 2.24) is 0 Å². The zero-order valence-corrected chi connectivity index (χ0v) is 13.3. The lowest BCUT2D eigenvalue weighted by Gasteiger charge is -2.11. The molecule has 0 saturated heterocycles. The van der Waals surface area contributed by atoms with Crippen LogP contribution in [0.15, 0.2) is 51.4 Å². The number of hydrogen-bond donors (Lipinski definition) is 0. The fourth-order valence-corrected chi connectivity index (χ4v) is 2.61. The first kappa shape index (κ1) is 13.4. The van der Waals surface area contributed by atoms with E-state index in [1.165, 1.54) is 0 Å². The quantitative estimate of drug-likeness (QED) is 0.520. The minimum atomic E-state index is -0.536. The predicted molar refractivity (Wildman–Crippen MR) is 81.7 cm³/mol. The molecule has 0 aliphatic carbocycles. The molecule has 88 valence electrons. The Kier molecular flexibility index (Phi) is 4.53. The average molecular weight is 395 g/mol. The van der Waals surface area contributed by atoms with E-state index in [9.17, 15) is 0 Å². The highest BCUT2D eigenvalue weighted by molar-refractivity contribution is 9.10. The summed E-state index contributed by atoms with van der Waals surface area (Å²) >= 11 is 18.8. The van der Waals surface area contributed by atoms with Gasteiger partial charge in [0.15, 0.2) is 0 Å². The maximum atomic E-state index is 6.00. The molecule has 0 fully saturated rings. The topological polar surface area (TPSA) is 0 Å². The molecule has 0 radical (unpaired) electrons. The first-order valence-corrected chi connectivity index (χ1v) is 7.37. The summed E-state index contributed by atoms with van der Waals surface area (Å²) in [6.07, 6.45) is 0. The summed E-state index contributed by atoms with van der Waals surface area (Å²) < 4.78 is 2.02. The maximum Gasteiger partial charge on any atom is 0.133 e. The molecule has 0 spiro atoms. The highest BCUT2D eigenvalue weighted by Crippen LogP contribution is 2.36. The number of rotatable bonds is 2. The lowest BCUT2D eigenvalue weighted by atomic mass is 10.0. The van der Waals surface area contributed by atoms with Gasteiger partial charge in [-0.3, -0.25) is 0 Å². The monoisotopic (exact) mass is 392 g/mol. The van der Waals surface area contributed by atoms with Crippen LogP contribution in [0.1, 0.15) is 10.4 Å². The van der Waals surface area contributed by atoms with E-state index in [4.69, 9.17) is 23.2 Å². The van der Waals surface area contributed by atoms with Crippen LogP contribution in [-0.4, -0.2) is 0 Å². The average Bonchev–Trinajstić information content (AvgIpc) is 2.30. The summed E-state index contributed by atoms with van der Waals surface area (Å²) in [6.45, 7) is 0. The van der Waals surface area contributed by atoms with Crippen LogP contribution in [-0.2, 0) is 0 Å². The van der Waals surface area contributed by atoms with E-state index in [0.717, 1.165) is 25.6 Å². The standard InChI is InChI=1S/C13H8Br2Cl2/c14-9-3-1-8(2-4-9)11-6-5-10(15)7-12(11)13(16)17/h1-7,13H. The molecular formula is C13H8Br2Cl2. The lowest BCUT2D eigenvalue weighted by Crippen LogP contribution is -1.89. The van der Waals surface area contributed by atoms with Crippen molar-refractivity contribution in [1.29, 1.82) is 0 Å². The second kappa shape index (κ2) is 5.75. The van der Waals surface area contributed by atoms with Gasteiger partial charge in [0.1, 0.15) is 4.84 Å². The Balaban J connectivity index is 2.54.